The zero-order valence-corrected chi connectivity index (χ0v) is 12.3. The molecule has 0 radical (unpaired) electrons. The molecule has 0 fully saturated rings. The highest BCUT2D eigenvalue weighted by molar-refractivity contribution is 5.92. The summed E-state index contributed by atoms with van der Waals surface area (Å²) in [6.45, 7) is 0. The average molecular weight is 312 g/mol. The van der Waals surface area contributed by atoms with Crippen molar-refractivity contribution in [2.45, 2.75) is 19.1 Å². The Hall–Kier alpha value is -2.79. The van der Waals surface area contributed by atoms with Crippen LogP contribution < -0.4 is 0 Å². The number of aromatic hydroxyl groups is 2. The normalized spacial score (nSPS) is 17.4. The summed E-state index contributed by atoms with van der Waals surface area (Å²) in [7, 11) is 0. The van der Waals surface area contributed by atoms with E-state index >= 15 is 0 Å². The summed E-state index contributed by atoms with van der Waals surface area (Å²) in [4.78, 5) is 12.0. The first-order valence-corrected chi connectivity index (χ1v) is 7.19. The van der Waals surface area contributed by atoms with E-state index in [9.17, 15) is 20.1 Å². The molecule has 0 bridgehead atoms. The van der Waals surface area contributed by atoms with Crippen LogP contribution in [0.2, 0.25) is 0 Å². The van der Waals surface area contributed by atoms with Gasteiger partial charge >= 0.3 is 5.97 Å². The fraction of sp³-hybridized carbons (Fsp3) is 0.167. The van der Waals surface area contributed by atoms with Gasteiger partial charge in [0.25, 0.3) is 0 Å². The van der Waals surface area contributed by atoms with Gasteiger partial charge in [0.15, 0.2) is 0 Å². The van der Waals surface area contributed by atoms with Gasteiger partial charge in [0.1, 0.15) is 11.5 Å². The number of rotatable bonds is 4. The number of esters is 1. The third-order valence-corrected chi connectivity index (χ3v) is 3.80. The number of benzene rings is 2. The van der Waals surface area contributed by atoms with Crippen molar-refractivity contribution < 1.29 is 24.9 Å². The van der Waals surface area contributed by atoms with Gasteiger partial charge in [0.2, 0.25) is 6.29 Å². The van der Waals surface area contributed by atoms with Crippen LogP contribution in [-0.4, -0.2) is 27.6 Å². The van der Waals surface area contributed by atoms with Crippen molar-refractivity contribution >= 4 is 5.97 Å². The van der Waals surface area contributed by atoms with Crippen molar-refractivity contribution in [2.75, 3.05) is 0 Å². The highest BCUT2D eigenvalue weighted by atomic mass is 16.6. The number of cyclic esters (lactones) is 1. The van der Waals surface area contributed by atoms with Crippen LogP contribution in [0.25, 0.3) is 0 Å². The van der Waals surface area contributed by atoms with Crippen molar-refractivity contribution in [3.05, 3.63) is 70.8 Å². The van der Waals surface area contributed by atoms with Gasteiger partial charge in [-0.25, -0.2) is 4.79 Å². The second-order valence-corrected chi connectivity index (χ2v) is 5.45. The third kappa shape index (κ3) is 3.35. The van der Waals surface area contributed by atoms with Gasteiger partial charge < -0.3 is 20.1 Å². The molecular formula is C18H16O5. The summed E-state index contributed by atoms with van der Waals surface area (Å²) >= 11 is 0. The van der Waals surface area contributed by atoms with E-state index in [4.69, 9.17) is 4.74 Å². The molecule has 1 aliphatic rings. The number of carbonyl (C=O) groups excluding carboxylic acids is 1. The van der Waals surface area contributed by atoms with Gasteiger partial charge in [0, 0.05) is 24.0 Å². The Morgan fingerprint density at radius 2 is 1.30 bits per heavy atom. The van der Waals surface area contributed by atoms with E-state index in [1.54, 1.807) is 48.5 Å². The van der Waals surface area contributed by atoms with E-state index in [0.717, 1.165) is 11.1 Å². The molecule has 2 aromatic rings. The minimum absolute atomic E-state index is 0.154. The Labute approximate surface area is 133 Å². The molecule has 0 saturated carbocycles. The van der Waals surface area contributed by atoms with Gasteiger partial charge in [-0.1, -0.05) is 24.3 Å². The summed E-state index contributed by atoms with van der Waals surface area (Å²) < 4.78 is 4.92. The van der Waals surface area contributed by atoms with Gasteiger partial charge in [0.05, 0.1) is 0 Å². The number of carbonyl (C=O) groups is 1. The summed E-state index contributed by atoms with van der Waals surface area (Å²) in [6, 6.07) is 13.1. The number of ether oxygens (including phenoxy) is 1. The van der Waals surface area contributed by atoms with Crippen LogP contribution in [0.1, 0.15) is 11.1 Å². The summed E-state index contributed by atoms with van der Waals surface area (Å²) in [6.07, 6.45) is -0.562. The number of aliphatic hydroxyl groups is 1. The first-order chi connectivity index (χ1) is 11.0. The molecule has 2 aromatic carbocycles. The lowest BCUT2D eigenvalue weighted by molar-refractivity contribution is -0.152. The summed E-state index contributed by atoms with van der Waals surface area (Å²) in [5.41, 5.74) is 2.65. The molecule has 0 aliphatic carbocycles. The lowest BCUT2D eigenvalue weighted by atomic mass is 9.96. The molecule has 0 amide bonds. The summed E-state index contributed by atoms with van der Waals surface area (Å²) in [5, 5.41) is 28.6. The van der Waals surface area contributed by atoms with Gasteiger partial charge in [-0.3, -0.25) is 0 Å². The Kier molecular flexibility index (Phi) is 4.04. The molecule has 1 unspecified atom stereocenters. The minimum Gasteiger partial charge on any atom is -0.508 e. The quantitative estimate of drug-likeness (QED) is 0.752. The maximum Gasteiger partial charge on any atom is 0.337 e. The summed E-state index contributed by atoms with van der Waals surface area (Å²) in [5.74, 6) is -0.216. The zero-order chi connectivity index (χ0) is 16.4. The molecule has 1 aliphatic heterocycles. The molecule has 0 saturated heterocycles. The van der Waals surface area contributed by atoms with Crippen molar-refractivity contribution in [1.82, 2.24) is 0 Å². The maximum absolute atomic E-state index is 12.0. The highest BCUT2D eigenvalue weighted by Crippen LogP contribution is 2.28. The molecular weight excluding hydrogens is 296 g/mol. The second kappa shape index (κ2) is 6.14. The smallest absolute Gasteiger partial charge is 0.337 e. The van der Waals surface area contributed by atoms with Crippen LogP contribution >= 0.6 is 0 Å². The molecule has 5 heteroatoms. The Morgan fingerprint density at radius 3 is 1.83 bits per heavy atom. The first kappa shape index (κ1) is 15.1. The average Bonchev–Trinajstić information content (AvgIpc) is 2.78. The number of hydrogen-bond acceptors (Lipinski definition) is 5. The van der Waals surface area contributed by atoms with Crippen LogP contribution in [0.5, 0.6) is 11.5 Å². The van der Waals surface area contributed by atoms with Crippen molar-refractivity contribution in [2.24, 2.45) is 0 Å². The predicted molar refractivity (Wildman–Crippen MR) is 82.7 cm³/mol. The fourth-order valence-corrected chi connectivity index (χ4v) is 2.56. The molecule has 3 N–H and O–H groups in total. The van der Waals surface area contributed by atoms with Gasteiger partial charge in [-0.15, -0.1) is 0 Å². The van der Waals surface area contributed by atoms with E-state index in [0.29, 0.717) is 24.0 Å². The molecule has 5 nitrogen and oxygen atoms in total. The minimum atomic E-state index is -1.25. The van der Waals surface area contributed by atoms with Crippen LogP contribution in [0, 0.1) is 0 Å². The van der Waals surface area contributed by atoms with Crippen molar-refractivity contribution in [3.8, 4) is 11.5 Å². The molecule has 0 aromatic heterocycles. The van der Waals surface area contributed by atoms with Crippen LogP contribution in [0.3, 0.4) is 0 Å². The van der Waals surface area contributed by atoms with Gasteiger partial charge in [-0.05, 0) is 35.4 Å². The number of aliphatic hydroxyl groups excluding tert-OH is 1. The second-order valence-electron chi connectivity index (χ2n) is 5.45. The van der Waals surface area contributed by atoms with Gasteiger partial charge in [-0.2, -0.15) is 0 Å². The van der Waals surface area contributed by atoms with Crippen molar-refractivity contribution in [1.29, 1.82) is 0 Å². The lowest BCUT2D eigenvalue weighted by Gasteiger charge is -2.08. The Balaban J connectivity index is 1.88. The maximum atomic E-state index is 12.0. The van der Waals surface area contributed by atoms with Crippen LogP contribution in [0.15, 0.2) is 59.7 Å². The third-order valence-electron chi connectivity index (χ3n) is 3.80. The standard InChI is InChI=1S/C18H16O5/c19-13-5-1-11(2-6-13)9-15-16(18(22)23-17(15)21)10-12-3-7-14(20)8-4-12/h1-8,17,19-21H,9-10H2. The highest BCUT2D eigenvalue weighted by Gasteiger charge is 2.32. The molecule has 3 rings (SSSR count). The van der Waals surface area contributed by atoms with Crippen LogP contribution in [-0.2, 0) is 22.4 Å². The SMILES string of the molecule is O=C1OC(O)C(Cc2ccc(O)cc2)=C1Cc1ccc(O)cc1. The van der Waals surface area contributed by atoms with E-state index < -0.39 is 12.3 Å². The van der Waals surface area contributed by atoms with E-state index in [-0.39, 0.29) is 11.5 Å². The molecule has 0 spiro atoms. The largest absolute Gasteiger partial charge is 0.508 e. The van der Waals surface area contributed by atoms with E-state index in [1.165, 1.54) is 0 Å². The van der Waals surface area contributed by atoms with E-state index in [1.807, 2.05) is 0 Å². The van der Waals surface area contributed by atoms with Crippen LogP contribution in [0.4, 0.5) is 0 Å². The molecule has 1 atom stereocenters. The predicted octanol–water partition coefficient (Wildman–Crippen LogP) is 2.05. The number of phenols is 2. The molecule has 118 valence electrons. The number of hydrogen-bond donors (Lipinski definition) is 3. The lowest BCUT2D eigenvalue weighted by Crippen LogP contribution is -2.11. The van der Waals surface area contributed by atoms with Crippen molar-refractivity contribution in [3.63, 3.8) is 0 Å². The number of phenolic OH excluding ortho intramolecular Hbond substituents is 2. The monoisotopic (exact) mass is 312 g/mol. The topological polar surface area (TPSA) is 87.0 Å². The zero-order valence-electron chi connectivity index (χ0n) is 12.3. The first-order valence-electron chi connectivity index (χ1n) is 7.19. The molecule has 23 heavy (non-hydrogen) atoms. The van der Waals surface area contributed by atoms with E-state index in [2.05, 4.69) is 0 Å². The Bertz CT molecular complexity index is 744. The molecule has 1 heterocycles. The fourth-order valence-electron chi connectivity index (χ4n) is 2.56. The Morgan fingerprint density at radius 1 is 0.826 bits per heavy atom.